The maximum Gasteiger partial charge on any atom is 0.325 e. The number of esters is 1. The lowest BCUT2D eigenvalue weighted by atomic mass is 9.98. The zero-order chi connectivity index (χ0) is 18.7. The normalized spacial score (nSPS) is 15.0. The molecule has 0 saturated heterocycles. The lowest BCUT2D eigenvalue weighted by molar-refractivity contribution is -0.149. The number of carbonyl (C=O) groups is 2. The van der Waals surface area contributed by atoms with Gasteiger partial charge in [-0.05, 0) is 38.7 Å². The van der Waals surface area contributed by atoms with Crippen molar-refractivity contribution in [3.05, 3.63) is 35.3 Å². The number of nitrogens with two attached hydrogens (primary N) is 1. The molecule has 2 aromatic rings. The van der Waals surface area contributed by atoms with Gasteiger partial charge in [-0.15, -0.1) is 0 Å². The Bertz CT molecular complexity index is 850. The number of fused-ring (bicyclic) bond motifs is 1. The molecule has 0 bridgehead atoms. The van der Waals surface area contributed by atoms with Crippen molar-refractivity contribution in [2.24, 2.45) is 5.73 Å². The molecule has 1 saturated carbocycles. The molecule has 3 rings (SSSR count). The molecule has 1 aliphatic rings. The molecule has 1 aliphatic carbocycles. The molecule has 138 valence electrons. The highest BCUT2D eigenvalue weighted by atomic mass is 16.5. The topological polar surface area (TPSA) is 118 Å². The second-order valence-corrected chi connectivity index (χ2v) is 6.59. The fraction of sp³-hybridized carbons (Fsp3) is 0.421. The number of hydrogen-bond donors (Lipinski definition) is 3. The minimum atomic E-state index is -0.481. The lowest BCUT2D eigenvalue weighted by Gasteiger charge is -2.21. The van der Waals surface area contributed by atoms with Crippen molar-refractivity contribution in [3.63, 3.8) is 0 Å². The molecule has 4 N–H and O–H groups in total. The van der Waals surface area contributed by atoms with E-state index in [1.54, 1.807) is 25.3 Å². The monoisotopic (exact) mass is 357 g/mol. The average molecular weight is 357 g/mol. The third-order valence-corrected chi connectivity index (χ3v) is 4.71. The Morgan fingerprint density at radius 1 is 1.31 bits per heavy atom. The van der Waals surface area contributed by atoms with Gasteiger partial charge < -0.3 is 20.2 Å². The largest absolute Gasteiger partial charge is 0.468 e. The summed E-state index contributed by atoms with van der Waals surface area (Å²) in [6.45, 7) is 1.51. The van der Waals surface area contributed by atoms with Gasteiger partial charge >= 0.3 is 5.97 Å². The van der Waals surface area contributed by atoms with Crippen molar-refractivity contribution >= 4 is 28.5 Å². The second-order valence-electron chi connectivity index (χ2n) is 6.59. The molecule has 26 heavy (non-hydrogen) atoms. The molecule has 7 heteroatoms. The van der Waals surface area contributed by atoms with E-state index >= 15 is 0 Å². The van der Waals surface area contributed by atoms with Crippen molar-refractivity contribution < 1.29 is 18.7 Å². The summed E-state index contributed by atoms with van der Waals surface area (Å²) in [7, 11) is 0. The predicted octanol–water partition coefficient (Wildman–Crippen LogP) is 2.63. The van der Waals surface area contributed by atoms with Crippen molar-refractivity contribution in [2.45, 2.75) is 45.1 Å². The molecule has 1 aromatic heterocycles. The Kier molecular flexibility index (Phi) is 5.25. The zero-order valence-electron chi connectivity index (χ0n) is 14.8. The van der Waals surface area contributed by atoms with Gasteiger partial charge in [0, 0.05) is 16.3 Å². The number of hydrogen-bond acceptors (Lipinski definition) is 5. The number of nitrogen functional groups attached to an aromatic ring is 1. The minimum absolute atomic E-state index is 0.0551. The van der Waals surface area contributed by atoms with E-state index in [2.05, 4.69) is 5.32 Å². The molecule has 1 fully saturated rings. The van der Waals surface area contributed by atoms with Gasteiger partial charge in [0.1, 0.15) is 24.2 Å². The smallest absolute Gasteiger partial charge is 0.325 e. The summed E-state index contributed by atoms with van der Waals surface area (Å²) in [4.78, 5) is 24.7. The van der Waals surface area contributed by atoms with Crippen LogP contribution in [0.3, 0.4) is 0 Å². The number of furan rings is 1. The van der Waals surface area contributed by atoms with Gasteiger partial charge in [0.15, 0.2) is 0 Å². The first-order valence-electron chi connectivity index (χ1n) is 8.80. The van der Waals surface area contributed by atoms with E-state index in [1.807, 2.05) is 0 Å². The van der Waals surface area contributed by atoms with Crippen LogP contribution in [0.2, 0.25) is 0 Å². The van der Waals surface area contributed by atoms with Crippen molar-refractivity contribution in [1.82, 2.24) is 5.32 Å². The van der Waals surface area contributed by atoms with E-state index in [4.69, 9.17) is 20.3 Å². The van der Waals surface area contributed by atoms with Gasteiger partial charge in [0.05, 0.1) is 11.8 Å². The molecule has 0 aliphatic heterocycles. The number of rotatable bonds is 5. The highest BCUT2D eigenvalue weighted by Crippen LogP contribution is 2.27. The summed E-state index contributed by atoms with van der Waals surface area (Å²) in [6, 6.07) is 3.35. The number of carbonyl (C=O) groups excluding carboxylic acids is 2. The summed E-state index contributed by atoms with van der Waals surface area (Å²) in [6.07, 6.45) is 6.54. The first-order valence-corrected chi connectivity index (χ1v) is 8.80. The van der Waals surface area contributed by atoms with Crippen LogP contribution in [0.1, 0.15) is 53.8 Å². The summed E-state index contributed by atoms with van der Waals surface area (Å²) >= 11 is 0. The van der Waals surface area contributed by atoms with E-state index in [-0.39, 0.29) is 24.0 Å². The first-order chi connectivity index (χ1) is 12.5. The lowest BCUT2D eigenvalue weighted by Crippen LogP contribution is -2.34. The SMILES string of the molecule is Cc1occ2ccc(C(=N)N)c(C(=O)NCC(=O)OC3CCCCC3)c12. The summed E-state index contributed by atoms with van der Waals surface area (Å²) in [5.74, 6) is -0.600. The van der Waals surface area contributed by atoms with Crippen molar-refractivity contribution in [3.8, 4) is 0 Å². The molecule has 1 amide bonds. The van der Waals surface area contributed by atoms with Gasteiger partial charge in [-0.1, -0.05) is 12.5 Å². The fourth-order valence-corrected chi connectivity index (χ4v) is 3.42. The van der Waals surface area contributed by atoms with Gasteiger partial charge in [0.2, 0.25) is 0 Å². The van der Waals surface area contributed by atoms with E-state index in [0.29, 0.717) is 16.7 Å². The van der Waals surface area contributed by atoms with Crippen LogP contribution in [-0.2, 0) is 9.53 Å². The zero-order valence-corrected chi connectivity index (χ0v) is 14.8. The number of nitrogens with one attached hydrogen (secondary N) is 2. The van der Waals surface area contributed by atoms with Crippen LogP contribution in [0.25, 0.3) is 10.8 Å². The quantitative estimate of drug-likeness (QED) is 0.432. The molecule has 0 radical (unpaired) electrons. The predicted molar refractivity (Wildman–Crippen MR) is 97.3 cm³/mol. The number of amides is 1. The minimum Gasteiger partial charge on any atom is -0.468 e. The molecular weight excluding hydrogens is 334 g/mol. The number of benzene rings is 1. The van der Waals surface area contributed by atoms with Crippen LogP contribution in [0.4, 0.5) is 0 Å². The Morgan fingerprint density at radius 3 is 2.73 bits per heavy atom. The van der Waals surface area contributed by atoms with Gasteiger partial charge in [0.25, 0.3) is 5.91 Å². The van der Waals surface area contributed by atoms with Crippen molar-refractivity contribution in [1.29, 1.82) is 5.41 Å². The Hall–Kier alpha value is -2.83. The van der Waals surface area contributed by atoms with E-state index in [0.717, 1.165) is 31.1 Å². The van der Waals surface area contributed by atoms with Gasteiger partial charge in [-0.3, -0.25) is 15.0 Å². The number of ether oxygens (including phenoxy) is 1. The van der Waals surface area contributed by atoms with Crippen LogP contribution in [0, 0.1) is 12.3 Å². The Balaban J connectivity index is 1.74. The molecule has 0 atom stereocenters. The molecule has 7 nitrogen and oxygen atoms in total. The van der Waals surface area contributed by atoms with E-state index in [1.165, 1.54) is 6.42 Å². The van der Waals surface area contributed by atoms with Crippen LogP contribution in [0.15, 0.2) is 22.8 Å². The van der Waals surface area contributed by atoms with Crippen LogP contribution in [-0.4, -0.2) is 30.4 Å². The number of amidine groups is 1. The Labute approximate surface area is 151 Å². The van der Waals surface area contributed by atoms with Crippen LogP contribution in [0.5, 0.6) is 0 Å². The second kappa shape index (κ2) is 7.59. The standard InChI is InChI=1S/C19H23N3O4/c1-11-16-12(10-25-11)7-8-14(18(20)21)17(16)19(24)22-9-15(23)26-13-5-3-2-4-6-13/h7-8,10,13H,2-6,9H2,1H3,(H3,20,21)(H,22,24). The summed E-state index contributed by atoms with van der Waals surface area (Å²) < 4.78 is 10.8. The van der Waals surface area contributed by atoms with E-state index in [9.17, 15) is 9.59 Å². The fourth-order valence-electron chi connectivity index (χ4n) is 3.42. The molecule has 1 aromatic carbocycles. The summed E-state index contributed by atoms with van der Waals surface area (Å²) in [5.41, 5.74) is 6.17. The maximum atomic E-state index is 12.7. The third kappa shape index (κ3) is 3.71. The third-order valence-electron chi connectivity index (χ3n) is 4.71. The van der Waals surface area contributed by atoms with Crippen molar-refractivity contribution in [2.75, 3.05) is 6.54 Å². The molecule has 0 spiro atoms. The molecular formula is C19H23N3O4. The van der Waals surface area contributed by atoms with Crippen LogP contribution < -0.4 is 11.1 Å². The van der Waals surface area contributed by atoms with Crippen LogP contribution >= 0.6 is 0 Å². The highest BCUT2D eigenvalue weighted by Gasteiger charge is 2.22. The van der Waals surface area contributed by atoms with Gasteiger partial charge in [-0.2, -0.15) is 0 Å². The molecule has 1 heterocycles. The summed E-state index contributed by atoms with van der Waals surface area (Å²) in [5, 5.41) is 11.6. The molecule has 0 unspecified atom stereocenters. The number of aryl methyl sites for hydroxylation is 1. The Morgan fingerprint density at radius 2 is 2.04 bits per heavy atom. The van der Waals surface area contributed by atoms with E-state index < -0.39 is 11.9 Å². The van der Waals surface area contributed by atoms with Gasteiger partial charge in [-0.25, -0.2) is 0 Å². The highest BCUT2D eigenvalue weighted by molar-refractivity contribution is 6.16. The maximum absolute atomic E-state index is 12.7. The first kappa shape index (κ1) is 18.0. The average Bonchev–Trinajstić information content (AvgIpc) is 3.01.